The maximum absolute atomic E-state index is 12.4. The summed E-state index contributed by atoms with van der Waals surface area (Å²) < 4.78 is 29.6. The van der Waals surface area contributed by atoms with Crippen LogP contribution in [0.15, 0.2) is 6.07 Å². The van der Waals surface area contributed by atoms with E-state index in [-0.39, 0.29) is 17.0 Å². The summed E-state index contributed by atoms with van der Waals surface area (Å²) in [6, 6.07) is 1.25. The summed E-state index contributed by atoms with van der Waals surface area (Å²) >= 11 is 0. The predicted molar refractivity (Wildman–Crippen MR) is 49.0 cm³/mol. The summed E-state index contributed by atoms with van der Waals surface area (Å²) in [5, 5.41) is 0. The second-order valence-electron chi connectivity index (χ2n) is 2.91. The van der Waals surface area contributed by atoms with Crippen LogP contribution < -0.4 is 10.5 Å². The van der Waals surface area contributed by atoms with E-state index < -0.39 is 18.0 Å². The third kappa shape index (κ3) is 2.20. The van der Waals surface area contributed by atoms with Crippen LogP contribution in [0.25, 0.3) is 0 Å². The van der Waals surface area contributed by atoms with Gasteiger partial charge in [0.05, 0.1) is 7.11 Å². The van der Waals surface area contributed by atoms with Gasteiger partial charge in [-0.1, -0.05) is 0 Å². The molecule has 0 aromatic carbocycles. The van der Waals surface area contributed by atoms with E-state index in [9.17, 15) is 13.6 Å². The lowest BCUT2D eigenvalue weighted by Gasteiger charge is -2.09. The lowest BCUT2D eigenvalue weighted by atomic mass is 10.1. The molecule has 0 saturated heterocycles. The van der Waals surface area contributed by atoms with Gasteiger partial charge < -0.3 is 10.5 Å². The van der Waals surface area contributed by atoms with Gasteiger partial charge >= 0.3 is 0 Å². The standard InChI is InChI=1S/C9H10F2N2O2/c1-4-3-5(8(12)14)9(15-2)13-6(4)7(10)11/h3,7H,1-2H3,(H2,12,14). The molecule has 15 heavy (non-hydrogen) atoms. The zero-order valence-corrected chi connectivity index (χ0v) is 8.25. The molecule has 0 bridgehead atoms. The Morgan fingerprint density at radius 3 is 2.60 bits per heavy atom. The maximum Gasteiger partial charge on any atom is 0.280 e. The Morgan fingerprint density at radius 1 is 1.60 bits per heavy atom. The molecule has 6 heteroatoms. The Morgan fingerprint density at radius 2 is 2.20 bits per heavy atom. The van der Waals surface area contributed by atoms with E-state index in [2.05, 4.69) is 4.98 Å². The fourth-order valence-corrected chi connectivity index (χ4v) is 1.16. The number of aryl methyl sites for hydroxylation is 1. The van der Waals surface area contributed by atoms with Crippen molar-refractivity contribution in [3.63, 3.8) is 0 Å². The highest BCUT2D eigenvalue weighted by Crippen LogP contribution is 2.25. The van der Waals surface area contributed by atoms with E-state index in [1.165, 1.54) is 20.1 Å². The number of hydrogen-bond acceptors (Lipinski definition) is 3. The summed E-state index contributed by atoms with van der Waals surface area (Å²) in [6.45, 7) is 1.43. The number of hydrogen-bond donors (Lipinski definition) is 1. The van der Waals surface area contributed by atoms with Gasteiger partial charge in [0.15, 0.2) is 0 Å². The van der Waals surface area contributed by atoms with Crippen LogP contribution in [0.1, 0.15) is 28.0 Å². The Kier molecular flexibility index (Phi) is 3.18. The van der Waals surface area contributed by atoms with Gasteiger partial charge in [-0.3, -0.25) is 4.79 Å². The zero-order chi connectivity index (χ0) is 11.6. The molecule has 0 aliphatic carbocycles. The van der Waals surface area contributed by atoms with E-state index in [1.807, 2.05) is 0 Å². The SMILES string of the molecule is COc1nc(C(F)F)c(C)cc1C(N)=O. The molecule has 1 heterocycles. The van der Waals surface area contributed by atoms with Crippen LogP contribution in [0.2, 0.25) is 0 Å². The van der Waals surface area contributed by atoms with Crippen molar-refractivity contribution in [2.24, 2.45) is 5.73 Å². The van der Waals surface area contributed by atoms with E-state index in [1.54, 1.807) is 0 Å². The molecule has 1 aromatic heterocycles. The molecular weight excluding hydrogens is 206 g/mol. The number of carbonyl (C=O) groups is 1. The van der Waals surface area contributed by atoms with Gasteiger partial charge in [-0.2, -0.15) is 0 Å². The Bertz CT molecular complexity index is 394. The number of ether oxygens (including phenoxy) is 1. The number of aromatic nitrogens is 1. The molecule has 0 unspecified atom stereocenters. The number of nitrogens with zero attached hydrogens (tertiary/aromatic N) is 1. The molecule has 0 aliphatic rings. The largest absolute Gasteiger partial charge is 0.480 e. The molecule has 1 rings (SSSR count). The van der Waals surface area contributed by atoms with Crippen molar-refractivity contribution in [2.75, 3.05) is 7.11 Å². The monoisotopic (exact) mass is 216 g/mol. The van der Waals surface area contributed by atoms with Crippen molar-refractivity contribution >= 4 is 5.91 Å². The van der Waals surface area contributed by atoms with Crippen LogP contribution in [-0.4, -0.2) is 18.0 Å². The third-order valence-electron chi connectivity index (χ3n) is 1.88. The molecule has 0 spiro atoms. The van der Waals surface area contributed by atoms with Crippen molar-refractivity contribution in [2.45, 2.75) is 13.3 Å². The number of carbonyl (C=O) groups excluding carboxylic acids is 1. The third-order valence-corrected chi connectivity index (χ3v) is 1.88. The molecule has 82 valence electrons. The lowest BCUT2D eigenvalue weighted by molar-refractivity contribution is 0.0995. The van der Waals surface area contributed by atoms with Gasteiger partial charge in [0, 0.05) is 0 Å². The van der Waals surface area contributed by atoms with Gasteiger partial charge in [0.1, 0.15) is 11.3 Å². The summed E-state index contributed by atoms with van der Waals surface area (Å²) in [6.07, 6.45) is -2.71. The van der Waals surface area contributed by atoms with Crippen molar-refractivity contribution < 1.29 is 18.3 Å². The van der Waals surface area contributed by atoms with Crippen LogP contribution in [-0.2, 0) is 0 Å². The fourth-order valence-electron chi connectivity index (χ4n) is 1.16. The van der Waals surface area contributed by atoms with E-state index in [4.69, 9.17) is 10.5 Å². The highest BCUT2D eigenvalue weighted by atomic mass is 19.3. The van der Waals surface area contributed by atoms with Crippen LogP contribution in [0.4, 0.5) is 8.78 Å². The summed E-state index contributed by atoms with van der Waals surface area (Å²) in [7, 11) is 1.24. The van der Waals surface area contributed by atoms with Gasteiger partial charge in [-0.05, 0) is 18.6 Å². The molecule has 0 atom stereocenters. The van der Waals surface area contributed by atoms with Crippen LogP contribution in [0.5, 0.6) is 5.88 Å². The van der Waals surface area contributed by atoms with Gasteiger partial charge in [0.2, 0.25) is 5.88 Å². The fraction of sp³-hybridized carbons (Fsp3) is 0.333. The first kappa shape index (κ1) is 11.4. The second kappa shape index (κ2) is 4.20. The maximum atomic E-state index is 12.4. The van der Waals surface area contributed by atoms with Gasteiger partial charge in [-0.25, -0.2) is 13.8 Å². The summed E-state index contributed by atoms with van der Waals surface area (Å²) in [5.74, 6) is -0.938. The average Bonchev–Trinajstić information content (AvgIpc) is 2.16. The minimum Gasteiger partial charge on any atom is -0.480 e. The summed E-state index contributed by atoms with van der Waals surface area (Å²) in [4.78, 5) is 14.5. The molecule has 1 amide bonds. The first-order chi connectivity index (χ1) is 6.97. The predicted octanol–water partition coefficient (Wildman–Crippen LogP) is 1.44. The highest BCUT2D eigenvalue weighted by molar-refractivity contribution is 5.95. The molecule has 4 nitrogen and oxygen atoms in total. The van der Waals surface area contributed by atoms with E-state index in [0.717, 1.165) is 0 Å². The molecule has 0 aliphatic heterocycles. The Balaban J connectivity index is 3.35. The Labute approximate surface area is 85.1 Å². The first-order valence-corrected chi connectivity index (χ1v) is 4.10. The molecule has 0 radical (unpaired) electrons. The van der Waals surface area contributed by atoms with Crippen LogP contribution in [0.3, 0.4) is 0 Å². The highest BCUT2D eigenvalue weighted by Gasteiger charge is 2.19. The minimum absolute atomic E-state index is 0.000556. The molecule has 0 fully saturated rings. The number of halogens is 2. The zero-order valence-electron chi connectivity index (χ0n) is 8.25. The molecule has 1 aromatic rings. The normalized spacial score (nSPS) is 10.5. The number of pyridine rings is 1. The van der Waals surface area contributed by atoms with Crippen LogP contribution >= 0.6 is 0 Å². The second-order valence-corrected chi connectivity index (χ2v) is 2.91. The van der Waals surface area contributed by atoms with Crippen molar-refractivity contribution in [3.8, 4) is 5.88 Å². The van der Waals surface area contributed by atoms with Crippen molar-refractivity contribution in [1.29, 1.82) is 0 Å². The average molecular weight is 216 g/mol. The van der Waals surface area contributed by atoms with Crippen LogP contribution in [0, 0.1) is 6.92 Å². The lowest BCUT2D eigenvalue weighted by Crippen LogP contribution is -2.14. The number of primary amides is 1. The topological polar surface area (TPSA) is 65.2 Å². The smallest absolute Gasteiger partial charge is 0.280 e. The number of nitrogens with two attached hydrogens (primary N) is 1. The Hall–Kier alpha value is -1.72. The first-order valence-electron chi connectivity index (χ1n) is 4.10. The van der Waals surface area contributed by atoms with Gasteiger partial charge in [0.25, 0.3) is 12.3 Å². The van der Waals surface area contributed by atoms with Crippen molar-refractivity contribution in [1.82, 2.24) is 4.98 Å². The van der Waals surface area contributed by atoms with Gasteiger partial charge in [-0.15, -0.1) is 0 Å². The minimum atomic E-state index is -2.71. The van der Waals surface area contributed by atoms with E-state index in [0.29, 0.717) is 0 Å². The van der Waals surface area contributed by atoms with E-state index >= 15 is 0 Å². The summed E-state index contributed by atoms with van der Waals surface area (Å²) in [5.41, 5.74) is 4.84. The number of alkyl halides is 2. The number of rotatable bonds is 3. The van der Waals surface area contributed by atoms with Crippen molar-refractivity contribution in [3.05, 3.63) is 22.9 Å². The molecular formula is C9H10F2N2O2. The quantitative estimate of drug-likeness (QED) is 0.831. The molecule has 2 N–H and O–H groups in total. The molecule has 0 saturated carbocycles. The number of amides is 1. The number of methoxy groups -OCH3 is 1.